The van der Waals surface area contributed by atoms with E-state index in [-0.39, 0.29) is 5.82 Å². The first kappa shape index (κ1) is 16.6. The fourth-order valence-corrected chi connectivity index (χ4v) is 3.42. The summed E-state index contributed by atoms with van der Waals surface area (Å²) < 4.78 is 5.51. The normalized spacial score (nSPS) is 10.5. The van der Waals surface area contributed by atoms with Crippen LogP contribution in [0.4, 0.5) is 5.82 Å². The number of methoxy groups -OCH3 is 1. The number of aromatic nitrogens is 1. The van der Waals surface area contributed by atoms with Crippen LogP contribution >= 0.6 is 0 Å². The maximum Gasteiger partial charge on any atom is 0.141 e. The van der Waals surface area contributed by atoms with Gasteiger partial charge in [0.15, 0.2) is 0 Å². The molecule has 0 amide bonds. The summed E-state index contributed by atoms with van der Waals surface area (Å²) >= 11 is 0. The Balaban J connectivity index is 2.13. The highest BCUT2D eigenvalue weighted by molar-refractivity contribution is 6.05. The SMILES string of the molecule is COc1ccc(-c2c(-c3ccccc3)cnc(N)c2C#N)c2ccccc12. The van der Waals surface area contributed by atoms with Gasteiger partial charge in [-0.25, -0.2) is 4.98 Å². The van der Waals surface area contributed by atoms with Crippen LogP contribution in [-0.2, 0) is 0 Å². The van der Waals surface area contributed by atoms with Crippen LogP contribution in [0.1, 0.15) is 5.56 Å². The van der Waals surface area contributed by atoms with Crippen LogP contribution in [0, 0.1) is 11.3 Å². The van der Waals surface area contributed by atoms with Crippen molar-refractivity contribution in [1.82, 2.24) is 4.98 Å². The lowest BCUT2D eigenvalue weighted by Crippen LogP contribution is -2.00. The first-order valence-electron chi connectivity index (χ1n) is 8.54. The summed E-state index contributed by atoms with van der Waals surface area (Å²) in [4.78, 5) is 4.26. The Morgan fingerprint density at radius 2 is 1.59 bits per heavy atom. The number of benzene rings is 3. The molecule has 1 aromatic heterocycles. The van der Waals surface area contributed by atoms with Gasteiger partial charge in [0.25, 0.3) is 0 Å². The molecule has 1 heterocycles. The zero-order valence-corrected chi connectivity index (χ0v) is 14.8. The summed E-state index contributed by atoms with van der Waals surface area (Å²) in [5, 5.41) is 11.8. The third-order valence-electron chi connectivity index (χ3n) is 4.68. The molecule has 0 fully saturated rings. The van der Waals surface area contributed by atoms with Crippen LogP contribution in [0.5, 0.6) is 5.75 Å². The van der Waals surface area contributed by atoms with Crippen molar-refractivity contribution in [2.45, 2.75) is 0 Å². The smallest absolute Gasteiger partial charge is 0.141 e. The van der Waals surface area contributed by atoms with Crippen molar-refractivity contribution < 1.29 is 4.74 Å². The molecule has 0 saturated heterocycles. The Morgan fingerprint density at radius 3 is 2.30 bits per heavy atom. The van der Waals surface area contributed by atoms with E-state index >= 15 is 0 Å². The maximum atomic E-state index is 9.81. The zero-order chi connectivity index (χ0) is 18.8. The van der Waals surface area contributed by atoms with Crippen LogP contribution in [0.3, 0.4) is 0 Å². The molecule has 0 aliphatic carbocycles. The summed E-state index contributed by atoms with van der Waals surface area (Å²) in [6.45, 7) is 0. The molecular weight excluding hydrogens is 334 g/mol. The van der Waals surface area contributed by atoms with Gasteiger partial charge in [-0.05, 0) is 28.6 Å². The Kier molecular flexibility index (Phi) is 4.19. The predicted octanol–water partition coefficient (Wildman–Crippen LogP) is 5.03. The van der Waals surface area contributed by atoms with Gasteiger partial charge in [0.05, 0.1) is 7.11 Å². The number of nitrogen functional groups attached to an aromatic ring is 1. The van der Waals surface area contributed by atoms with Crippen molar-refractivity contribution in [2.24, 2.45) is 0 Å². The Labute approximate surface area is 157 Å². The molecule has 0 spiro atoms. The second-order valence-electron chi connectivity index (χ2n) is 6.15. The second-order valence-corrected chi connectivity index (χ2v) is 6.15. The summed E-state index contributed by atoms with van der Waals surface area (Å²) in [5.74, 6) is 1.02. The molecule has 4 rings (SSSR count). The molecule has 0 aliphatic heterocycles. The minimum atomic E-state index is 0.229. The highest BCUT2D eigenvalue weighted by Gasteiger charge is 2.19. The minimum Gasteiger partial charge on any atom is -0.496 e. The monoisotopic (exact) mass is 351 g/mol. The molecule has 27 heavy (non-hydrogen) atoms. The maximum absolute atomic E-state index is 9.81. The van der Waals surface area contributed by atoms with E-state index < -0.39 is 0 Å². The Bertz CT molecular complexity index is 1180. The molecule has 4 heteroatoms. The Morgan fingerprint density at radius 1 is 0.889 bits per heavy atom. The van der Waals surface area contributed by atoms with Gasteiger partial charge >= 0.3 is 0 Å². The van der Waals surface area contributed by atoms with E-state index in [9.17, 15) is 5.26 Å². The lowest BCUT2D eigenvalue weighted by atomic mass is 9.89. The van der Waals surface area contributed by atoms with Crippen LogP contribution in [0.15, 0.2) is 72.9 Å². The van der Waals surface area contributed by atoms with Crippen molar-refractivity contribution in [3.05, 3.63) is 78.5 Å². The van der Waals surface area contributed by atoms with Gasteiger partial charge in [-0.15, -0.1) is 0 Å². The lowest BCUT2D eigenvalue weighted by molar-refractivity contribution is 0.420. The van der Waals surface area contributed by atoms with Gasteiger partial charge in [-0.2, -0.15) is 5.26 Å². The molecule has 0 bridgehead atoms. The van der Waals surface area contributed by atoms with E-state index in [2.05, 4.69) is 11.1 Å². The molecular formula is C23H17N3O. The summed E-state index contributed by atoms with van der Waals surface area (Å²) in [7, 11) is 1.65. The first-order valence-corrected chi connectivity index (χ1v) is 8.54. The first-order chi connectivity index (χ1) is 13.2. The van der Waals surface area contributed by atoms with Crippen LogP contribution in [0.25, 0.3) is 33.0 Å². The van der Waals surface area contributed by atoms with Gasteiger partial charge in [0, 0.05) is 22.7 Å². The molecule has 0 radical (unpaired) electrons. The zero-order valence-electron chi connectivity index (χ0n) is 14.8. The number of pyridine rings is 1. The largest absolute Gasteiger partial charge is 0.496 e. The quantitative estimate of drug-likeness (QED) is 0.562. The van der Waals surface area contributed by atoms with Crippen molar-refractivity contribution in [3.63, 3.8) is 0 Å². The number of fused-ring (bicyclic) bond motifs is 1. The fourth-order valence-electron chi connectivity index (χ4n) is 3.42. The topological polar surface area (TPSA) is 71.9 Å². The number of nitriles is 1. The van der Waals surface area contributed by atoms with Gasteiger partial charge in [-0.1, -0.05) is 54.6 Å². The highest BCUT2D eigenvalue weighted by atomic mass is 16.5. The second kappa shape index (κ2) is 6.81. The number of hydrogen-bond acceptors (Lipinski definition) is 4. The summed E-state index contributed by atoms with van der Waals surface area (Å²) in [6.07, 6.45) is 1.74. The number of nitrogens with zero attached hydrogens (tertiary/aromatic N) is 2. The minimum absolute atomic E-state index is 0.229. The van der Waals surface area contributed by atoms with E-state index in [1.54, 1.807) is 13.3 Å². The molecule has 0 aliphatic rings. The number of anilines is 1. The number of nitrogens with two attached hydrogens (primary N) is 1. The number of rotatable bonds is 3. The molecule has 3 aromatic carbocycles. The van der Waals surface area contributed by atoms with Crippen LogP contribution in [0.2, 0.25) is 0 Å². The third-order valence-corrected chi connectivity index (χ3v) is 4.68. The van der Waals surface area contributed by atoms with Crippen molar-refractivity contribution >= 4 is 16.6 Å². The number of hydrogen-bond donors (Lipinski definition) is 1. The molecule has 0 unspecified atom stereocenters. The van der Waals surface area contributed by atoms with Gasteiger partial charge < -0.3 is 10.5 Å². The summed E-state index contributed by atoms with van der Waals surface area (Å²) in [5.41, 5.74) is 10.0. The van der Waals surface area contributed by atoms with E-state index in [0.29, 0.717) is 5.56 Å². The van der Waals surface area contributed by atoms with Gasteiger partial charge in [-0.3, -0.25) is 0 Å². The van der Waals surface area contributed by atoms with E-state index in [0.717, 1.165) is 38.8 Å². The molecule has 0 saturated carbocycles. The van der Waals surface area contributed by atoms with E-state index in [1.165, 1.54) is 0 Å². The average molecular weight is 351 g/mol. The van der Waals surface area contributed by atoms with Crippen LogP contribution in [-0.4, -0.2) is 12.1 Å². The molecule has 4 nitrogen and oxygen atoms in total. The van der Waals surface area contributed by atoms with Crippen LogP contribution < -0.4 is 10.5 Å². The average Bonchev–Trinajstić information content (AvgIpc) is 2.73. The predicted molar refractivity (Wildman–Crippen MR) is 108 cm³/mol. The van der Waals surface area contributed by atoms with Gasteiger partial charge in [0.1, 0.15) is 23.2 Å². The Hall–Kier alpha value is -3.84. The van der Waals surface area contributed by atoms with Crippen molar-refractivity contribution in [2.75, 3.05) is 12.8 Å². The molecule has 130 valence electrons. The lowest BCUT2D eigenvalue weighted by Gasteiger charge is -2.16. The van der Waals surface area contributed by atoms with E-state index in [4.69, 9.17) is 10.5 Å². The van der Waals surface area contributed by atoms with E-state index in [1.807, 2.05) is 66.7 Å². The highest BCUT2D eigenvalue weighted by Crippen LogP contribution is 2.41. The fraction of sp³-hybridized carbons (Fsp3) is 0.0435. The van der Waals surface area contributed by atoms with Crippen molar-refractivity contribution in [3.8, 4) is 34.1 Å². The summed E-state index contributed by atoms with van der Waals surface area (Å²) in [6, 6.07) is 24.0. The van der Waals surface area contributed by atoms with Gasteiger partial charge in [0.2, 0.25) is 0 Å². The number of ether oxygens (including phenoxy) is 1. The third kappa shape index (κ3) is 2.76. The standard InChI is InChI=1S/C23H17N3O/c1-27-21-12-11-18(16-9-5-6-10-17(16)21)22-19(13-24)23(25)26-14-20(22)15-7-3-2-4-8-15/h2-12,14H,1H3,(H2,25,26). The van der Waals surface area contributed by atoms with Crippen molar-refractivity contribution in [1.29, 1.82) is 5.26 Å². The molecule has 0 atom stereocenters. The molecule has 2 N–H and O–H groups in total. The molecule has 4 aromatic rings.